The van der Waals surface area contributed by atoms with Crippen molar-refractivity contribution in [3.63, 3.8) is 0 Å². The number of rotatable bonds is 7. The maximum absolute atomic E-state index is 5.96. The van der Waals surface area contributed by atoms with E-state index in [1.54, 1.807) is 11.8 Å². The summed E-state index contributed by atoms with van der Waals surface area (Å²) in [7, 11) is 0. The second kappa shape index (κ2) is 7.44. The predicted molar refractivity (Wildman–Crippen MR) is 81.9 cm³/mol. The van der Waals surface area contributed by atoms with Crippen molar-refractivity contribution in [1.82, 2.24) is 0 Å². The van der Waals surface area contributed by atoms with Crippen molar-refractivity contribution in [2.75, 3.05) is 0 Å². The first-order chi connectivity index (χ1) is 9.29. The lowest BCUT2D eigenvalue weighted by Gasteiger charge is -1.99. The van der Waals surface area contributed by atoms with Gasteiger partial charge in [-0.05, 0) is 37.1 Å². The van der Waals surface area contributed by atoms with Gasteiger partial charge in [0.05, 0.1) is 0 Å². The molecule has 1 heterocycles. The number of hydrogen-bond donors (Lipinski definition) is 0. The molecule has 102 valence electrons. The van der Waals surface area contributed by atoms with Crippen LogP contribution in [0.25, 0.3) is 0 Å². The van der Waals surface area contributed by atoms with E-state index in [0.717, 1.165) is 17.3 Å². The third kappa shape index (κ3) is 4.46. The van der Waals surface area contributed by atoms with E-state index in [2.05, 4.69) is 44.2 Å². The average Bonchev–Trinajstić information content (AvgIpc) is 2.76. The fourth-order valence-electron chi connectivity index (χ4n) is 2.10. The van der Waals surface area contributed by atoms with Gasteiger partial charge in [-0.15, -0.1) is 0 Å². The van der Waals surface area contributed by atoms with Gasteiger partial charge in [0.1, 0.15) is 5.76 Å². The quantitative estimate of drug-likeness (QED) is 0.586. The van der Waals surface area contributed by atoms with Crippen LogP contribution >= 0.6 is 11.8 Å². The summed E-state index contributed by atoms with van der Waals surface area (Å²) < 4.78 is 5.96. The molecule has 0 aliphatic rings. The van der Waals surface area contributed by atoms with Crippen LogP contribution in [0.15, 0.2) is 50.8 Å². The summed E-state index contributed by atoms with van der Waals surface area (Å²) in [6.07, 6.45) is 6.22. The topological polar surface area (TPSA) is 13.1 Å². The minimum atomic E-state index is 1.01. The highest BCUT2D eigenvalue weighted by Gasteiger charge is 2.08. The number of hydrogen-bond acceptors (Lipinski definition) is 2. The zero-order chi connectivity index (χ0) is 13.5. The van der Waals surface area contributed by atoms with Crippen LogP contribution in [0, 0.1) is 6.92 Å². The summed E-state index contributed by atoms with van der Waals surface area (Å²) in [5, 5.41) is 1.01. The van der Waals surface area contributed by atoms with Gasteiger partial charge < -0.3 is 4.42 Å². The highest BCUT2D eigenvalue weighted by Crippen LogP contribution is 2.31. The van der Waals surface area contributed by atoms with Gasteiger partial charge in [-0.2, -0.15) is 0 Å². The standard InChI is InChI=1S/C17H22OS/c1-3-4-5-9-12-16-14(2)13-17(18-16)19-15-10-7-6-8-11-15/h6-8,10-11,13H,3-5,9,12H2,1-2H3. The van der Waals surface area contributed by atoms with Gasteiger partial charge in [0.2, 0.25) is 0 Å². The molecule has 1 aromatic carbocycles. The molecule has 0 bridgehead atoms. The Morgan fingerprint density at radius 3 is 2.58 bits per heavy atom. The number of benzene rings is 1. The Labute approximate surface area is 120 Å². The summed E-state index contributed by atoms with van der Waals surface area (Å²) in [5.41, 5.74) is 1.29. The van der Waals surface area contributed by atoms with Crippen LogP contribution in [-0.4, -0.2) is 0 Å². The van der Waals surface area contributed by atoms with Gasteiger partial charge in [-0.25, -0.2) is 0 Å². The summed E-state index contributed by atoms with van der Waals surface area (Å²) in [5.74, 6) is 1.16. The monoisotopic (exact) mass is 274 g/mol. The molecule has 0 aliphatic carbocycles. The maximum atomic E-state index is 5.96. The molecule has 0 spiro atoms. The molecule has 0 N–H and O–H groups in total. The molecule has 0 aliphatic heterocycles. The lowest BCUT2D eigenvalue weighted by molar-refractivity contribution is 0.422. The lowest BCUT2D eigenvalue weighted by atomic mass is 10.1. The van der Waals surface area contributed by atoms with Crippen LogP contribution < -0.4 is 0 Å². The normalized spacial score (nSPS) is 10.8. The lowest BCUT2D eigenvalue weighted by Crippen LogP contribution is -1.85. The smallest absolute Gasteiger partial charge is 0.165 e. The summed E-state index contributed by atoms with van der Waals surface area (Å²) in [6.45, 7) is 4.39. The maximum Gasteiger partial charge on any atom is 0.165 e. The summed E-state index contributed by atoms with van der Waals surface area (Å²) >= 11 is 1.70. The van der Waals surface area contributed by atoms with Gasteiger partial charge in [-0.3, -0.25) is 0 Å². The molecule has 0 fully saturated rings. The predicted octanol–water partition coefficient (Wildman–Crippen LogP) is 5.86. The second-order valence-corrected chi connectivity index (χ2v) is 5.98. The Hall–Kier alpha value is -1.15. The van der Waals surface area contributed by atoms with E-state index in [1.807, 2.05) is 6.07 Å². The highest BCUT2D eigenvalue weighted by atomic mass is 32.2. The van der Waals surface area contributed by atoms with Gasteiger partial charge in [0.15, 0.2) is 5.09 Å². The largest absolute Gasteiger partial charge is 0.454 e. The zero-order valence-electron chi connectivity index (χ0n) is 11.8. The van der Waals surface area contributed by atoms with Crippen LogP contribution in [0.5, 0.6) is 0 Å². The molecule has 0 saturated carbocycles. The zero-order valence-corrected chi connectivity index (χ0v) is 12.6. The van der Waals surface area contributed by atoms with E-state index in [-0.39, 0.29) is 0 Å². The van der Waals surface area contributed by atoms with Crippen LogP contribution in [0.4, 0.5) is 0 Å². The molecular weight excluding hydrogens is 252 g/mol. The Bertz CT molecular complexity index is 487. The summed E-state index contributed by atoms with van der Waals surface area (Å²) in [6, 6.07) is 12.5. The molecular formula is C17H22OS. The minimum absolute atomic E-state index is 1.01. The second-order valence-electron chi connectivity index (χ2n) is 4.90. The van der Waals surface area contributed by atoms with E-state index < -0.39 is 0 Å². The van der Waals surface area contributed by atoms with Crippen molar-refractivity contribution in [3.05, 3.63) is 47.7 Å². The molecule has 0 saturated heterocycles. The minimum Gasteiger partial charge on any atom is -0.454 e. The Morgan fingerprint density at radius 2 is 1.84 bits per heavy atom. The Balaban J connectivity index is 1.93. The van der Waals surface area contributed by atoms with Crippen molar-refractivity contribution in [2.45, 2.75) is 55.9 Å². The van der Waals surface area contributed by atoms with Gasteiger partial charge in [-0.1, -0.05) is 56.1 Å². The first kappa shape index (κ1) is 14.3. The van der Waals surface area contributed by atoms with Gasteiger partial charge >= 0.3 is 0 Å². The fourth-order valence-corrected chi connectivity index (χ4v) is 3.01. The molecule has 2 heteroatoms. The molecule has 19 heavy (non-hydrogen) atoms. The molecule has 0 atom stereocenters. The molecule has 1 nitrogen and oxygen atoms in total. The molecule has 2 aromatic rings. The van der Waals surface area contributed by atoms with Crippen LogP contribution in [0.2, 0.25) is 0 Å². The Kier molecular flexibility index (Phi) is 5.59. The average molecular weight is 274 g/mol. The number of unbranched alkanes of at least 4 members (excludes halogenated alkanes) is 3. The third-order valence-electron chi connectivity index (χ3n) is 3.22. The summed E-state index contributed by atoms with van der Waals surface area (Å²) in [4.78, 5) is 1.23. The molecule has 1 aromatic heterocycles. The van der Waals surface area contributed by atoms with Crippen molar-refractivity contribution >= 4 is 11.8 Å². The van der Waals surface area contributed by atoms with Crippen molar-refractivity contribution < 1.29 is 4.42 Å². The molecule has 0 amide bonds. The van der Waals surface area contributed by atoms with Gasteiger partial charge in [0.25, 0.3) is 0 Å². The van der Waals surface area contributed by atoms with Crippen LogP contribution in [-0.2, 0) is 6.42 Å². The Morgan fingerprint density at radius 1 is 1.05 bits per heavy atom. The molecule has 0 radical (unpaired) electrons. The van der Waals surface area contributed by atoms with E-state index >= 15 is 0 Å². The SMILES string of the molecule is CCCCCCc1oc(Sc2ccccc2)cc1C. The van der Waals surface area contributed by atoms with E-state index in [0.29, 0.717) is 0 Å². The van der Waals surface area contributed by atoms with E-state index in [9.17, 15) is 0 Å². The van der Waals surface area contributed by atoms with Gasteiger partial charge in [0, 0.05) is 11.3 Å². The van der Waals surface area contributed by atoms with Crippen molar-refractivity contribution in [3.8, 4) is 0 Å². The van der Waals surface area contributed by atoms with Crippen molar-refractivity contribution in [1.29, 1.82) is 0 Å². The van der Waals surface area contributed by atoms with Crippen molar-refractivity contribution in [2.24, 2.45) is 0 Å². The number of aryl methyl sites for hydroxylation is 2. The molecule has 0 unspecified atom stereocenters. The van der Waals surface area contributed by atoms with Crippen LogP contribution in [0.1, 0.15) is 43.9 Å². The first-order valence-electron chi connectivity index (χ1n) is 7.12. The first-order valence-corrected chi connectivity index (χ1v) is 7.93. The van der Waals surface area contributed by atoms with Crippen LogP contribution in [0.3, 0.4) is 0 Å². The fraction of sp³-hybridized carbons (Fsp3) is 0.412. The highest BCUT2D eigenvalue weighted by molar-refractivity contribution is 7.99. The third-order valence-corrected chi connectivity index (χ3v) is 4.13. The number of furan rings is 1. The van der Waals surface area contributed by atoms with E-state index in [4.69, 9.17) is 4.42 Å². The van der Waals surface area contributed by atoms with E-state index in [1.165, 1.54) is 36.1 Å². The molecule has 2 rings (SSSR count).